The third-order valence-corrected chi connectivity index (χ3v) is 3.26. The monoisotopic (exact) mass is 273 g/mol. The molecule has 1 N–H and O–H groups in total. The van der Waals surface area contributed by atoms with E-state index in [2.05, 4.69) is 10.2 Å². The van der Waals surface area contributed by atoms with Gasteiger partial charge in [0.05, 0.1) is 13.2 Å². The number of nitrogens with one attached hydrogen (secondary N) is 1. The molecule has 0 saturated carbocycles. The van der Waals surface area contributed by atoms with E-state index in [1.165, 1.54) is 0 Å². The number of ether oxygens (including phenoxy) is 2. The molecule has 0 radical (unpaired) electrons. The second-order valence-corrected chi connectivity index (χ2v) is 4.75. The number of amides is 1. The van der Waals surface area contributed by atoms with Crippen molar-refractivity contribution in [2.24, 2.45) is 0 Å². The molecule has 0 aromatic heterocycles. The molecular formula is C13H27N3O3. The average Bonchev–Trinajstić information content (AvgIpc) is 2.43. The van der Waals surface area contributed by atoms with Gasteiger partial charge in [-0.25, -0.2) is 0 Å². The van der Waals surface area contributed by atoms with E-state index in [1.807, 2.05) is 4.90 Å². The third kappa shape index (κ3) is 6.87. The Kier molecular flexibility index (Phi) is 8.73. The summed E-state index contributed by atoms with van der Waals surface area (Å²) >= 11 is 0. The van der Waals surface area contributed by atoms with Crippen LogP contribution in [0, 0.1) is 0 Å². The predicted octanol–water partition coefficient (Wildman–Crippen LogP) is -0.597. The fourth-order valence-corrected chi connectivity index (χ4v) is 2.12. The van der Waals surface area contributed by atoms with E-state index in [1.54, 1.807) is 14.2 Å². The zero-order valence-electron chi connectivity index (χ0n) is 12.2. The summed E-state index contributed by atoms with van der Waals surface area (Å²) in [6.45, 7) is 7.00. The molecule has 1 rings (SSSR count). The maximum atomic E-state index is 12.3. The first-order valence-electron chi connectivity index (χ1n) is 6.96. The number of carbonyl (C=O) groups is 1. The Bertz CT molecular complexity index is 245. The number of piperazine rings is 1. The van der Waals surface area contributed by atoms with Crippen LogP contribution in [0.1, 0.15) is 6.42 Å². The zero-order chi connectivity index (χ0) is 13.9. The summed E-state index contributed by atoms with van der Waals surface area (Å²) in [5, 5.41) is 3.29. The van der Waals surface area contributed by atoms with Gasteiger partial charge >= 0.3 is 0 Å². The van der Waals surface area contributed by atoms with Crippen molar-refractivity contribution in [3.8, 4) is 0 Å². The molecule has 6 heteroatoms. The van der Waals surface area contributed by atoms with Crippen LogP contribution in [0.4, 0.5) is 0 Å². The van der Waals surface area contributed by atoms with Gasteiger partial charge in [0.1, 0.15) is 0 Å². The molecule has 0 aromatic carbocycles. The van der Waals surface area contributed by atoms with E-state index >= 15 is 0 Å². The lowest BCUT2D eigenvalue weighted by atomic mass is 10.3. The van der Waals surface area contributed by atoms with Crippen LogP contribution in [0.2, 0.25) is 0 Å². The fourth-order valence-electron chi connectivity index (χ4n) is 2.12. The first kappa shape index (κ1) is 16.4. The predicted molar refractivity (Wildman–Crippen MR) is 74.3 cm³/mol. The molecule has 1 aliphatic rings. The number of nitrogens with zero attached hydrogens (tertiary/aromatic N) is 2. The van der Waals surface area contributed by atoms with Gasteiger partial charge in [0, 0.05) is 60.1 Å². The highest BCUT2D eigenvalue weighted by atomic mass is 16.5. The minimum absolute atomic E-state index is 0.190. The molecule has 1 amide bonds. The Hall–Kier alpha value is -0.690. The highest BCUT2D eigenvalue weighted by Crippen LogP contribution is 1.99. The van der Waals surface area contributed by atoms with Crippen LogP contribution in [-0.2, 0) is 14.3 Å². The largest absolute Gasteiger partial charge is 0.385 e. The van der Waals surface area contributed by atoms with Crippen molar-refractivity contribution >= 4 is 5.91 Å². The van der Waals surface area contributed by atoms with Crippen LogP contribution in [-0.4, -0.2) is 89.0 Å². The molecule has 1 aliphatic heterocycles. The van der Waals surface area contributed by atoms with Crippen LogP contribution in [0.15, 0.2) is 0 Å². The van der Waals surface area contributed by atoms with Crippen LogP contribution in [0.5, 0.6) is 0 Å². The molecule has 0 aliphatic carbocycles. The second kappa shape index (κ2) is 10.1. The van der Waals surface area contributed by atoms with Gasteiger partial charge in [0.2, 0.25) is 5.91 Å². The number of hydrogen-bond acceptors (Lipinski definition) is 5. The SMILES string of the molecule is COCCCN(CCOC)C(=O)CN1CCNCC1. The minimum atomic E-state index is 0.190. The van der Waals surface area contributed by atoms with Gasteiger partial charge in [0.25, 0.3) is 0 Å². The standard InChI is InChI=1S/C13H27N3O3/c1-18-10-3-6-16(9-11-19-2)13(17)12-15-7-4-14-5-8-15/h14H,3-12H2,1-2H3. The molecule has 112 valence electrons. The summed E-state index contributed by atoms with van der Waals surface area (Å²) in [6, 6.07) is 0. The average molecular weight is 273 g/mol. The zero-order valence-corrected chi connectivity index (χ0v) is 12.2. The first-order valence-corrected chi connectivity index (χ1v) is 6.96. The van der Waals surface area contributed by atoms with Gasteiger partial charge in [-0.05, 0) is 6.42 Å². The number of hydrogen-bond donors (Lipinski definition) is 1. The molecule has 0 bridgehead atoms. The number of methoxy groups -OCH3 is 2. The Balaban J connectivity index is 2.35. The maximum Gasteiger partial charge on any atom is 0.236 e. The van der Waals surface area contributed by atoms with Gasteiger partial charge in [-0.15, -0.1) is 0 Å². The van der Waals surface area contributed by atoms with Gasteiger partial charge < -0.3 is 19.7 Å². The summed E-state index contributed by atoms with van der Waals surface area (Å²) < 4.78 is 10.1. The van der Waals surface area contributed by atoms with Crippen LogP contribution < -0.4 is 5.32 Å². The third-order valence-electron chi connectivity index (χ3n) is 3.26. The molecule has 6 nitrogen and oxygen atoms in total. The van der Waals surface area contributed by atoms with Crippen molar-refractivity contribution in [3.05, 3.63) is 0 Å². The normalized spacial score (nSPS) is 16.5. The van der Waals surface area contributed by atoms with E-state index in [0.29, 0.717) is 26.3 Å². The minimum Gasteiger partial charge on any atom is -0.385 e. The molecule has 0 unspecified atom stereocenters. The van der Waals surface area contributed by atoms with E-state index < -0.39 is 0 Å². The Labute approximate surface area is 116 Å². The van der Waals surface area contributed by atoms with E-state index in [4.69, 9.17) is 9.47 Å². The summed E-state index contributed by atoms with van der Waals surface area (Å²) in [4.78, 5) is 16.4. The van der Waals surface area contributed by atoms with Gasteiger partial charge in [-0.2, -0.15) is 0 Å². The lowest BCUT2D eigenvalue weighted by Crippen LogP contribution is -2.49. The van der Waals surface area contributed by atoms with Crippen molar-refractivity contribution in [1.29, 1.82) is 0 Å². The van der Waals surface area contributed by atoms with Crippen molar-refractivity contribution < 1.29 is 14.3 Å². The molecule has 0 spiro atoms. The Morgan fingerprint density at radius 1 is 1.16 bits per heavy atom. The van der Waals surface area contributed by atoms with Gasteiger partial charge in [0.15, 0.2) is 0 Å². The molecule has 19 heavy (non-hydrogen) atoms. The van der Waals surface area contributed by atoms with Crippen molar-refractivity contribution in [1.82, 2.24) is 15.1 Å². The second-order valence-electron chi connectivity index (χ2n) is 4.75. The summed E-state index contributed by atoms with van der Waals surface area (Å²) in [6.07, 6.45) is 0.869. The molecule has 0 aromatic rings. The van der Waals surface area contributed by atoms with Crippen LogP contribution in [0.25, 0.3) is 0 Å². The lowest BCUT2D eigenvalue weighted by molar-refractivity contribution is -0.133. The Morgan fingerprint density at radius 2 is 1.84 bits per heavy atom. The summed E-state index contributed by atoms with van der Waals surface area (Å²) in [5.74, 6) is 0.190. The van der Waals surface area contributed by atoms with E-state index in [0.717, 1.165) is 39.1 Å². The first-order chi connectivity index (χ1) is 9.27. The van der Waals surface area contributed by atoms with Crippen molar-refractivity contribution in [3.63, 3.8) is 0 Å². The number of carbonyl (C=O) groups excluding carboxylic acids is 1. The molecule has 1 heterocycles. The topological polar surface area (TPSA) is 54.0 Å². The van der Waals surface area contributed by atoms with Crippen LogP contribution >= 0.6 is 0 Å². The highest BCUT2D eigenvalue weighted by molar-refractivity contribution is 5.78. The maximum absolute atomic E-state index is 12.3. The fraction of sp³-hybridized carbons (Fsp3) is 0.923. The summed E-state index contributed by atoms with van der Waals surface area (Å²) in [5.41, 5.74) is 0. The molecule has 0 atom stereocenters. The van der Waals surface area contributed by atoms with Crippen molar-refractivity contribution in [2.75, 3.05) is 73.2 Å². The molecule has 1 fully saturated rings. The van der Waals surface area contributed by atoms with E-state index in [-0.39, 0.29) is 5.91 Å². The van der Waals surface area contributed by atoms with E-state index in [9.17, 15) is 4.79 Å². The van der Waals surface area contributed by atoms with Crippen LogP contribution in [0.3, 0.4) is 0 Å². The Morgan fingerprint density at radius 3 is 2.47 bits per heavy atom. The van der Waals surface area contributed by atoms with Gasteiger partial charge in [-0.3, -0.25) is 9.69 Å². The lowest BCUT2D eigenvalue weighted by Gasteiger charge is -2.30. The highest BCUT2D eigenvalue weighted by Gasteiger charge is 2.18. The quantitative estimate of drug-likeness (QED) is 0.569. The van der Waals surface area contributed by atoms with Gasteiger partial charge in [-0.1, -0.05) is 0 Å². The summed E-state index contributed by atoms with van der Waals surface area (Å²) in [7, 11) is 3.34. The number of rotatable bonds is 9. The van der Waals surface area contributed by atoms with Crippen molar-refractivity contribution in [2.45, 2.75) is 6.42 Å². The molecular weight excluding hydrogens is 246 g/mol. The molecule has 1 saturated heterocycles. The smallest absolute Gasteiger partial charge is 0.236 e.